The molecule has 0 spiro atoms. The Morgan fingerprint density at radius 3 is 2.12 bits per heavy atom. The first-order valence-electron chi connectivity index (χ1n) is 10.5. The average Bonchev–Trinajstić information content (AvgIpc) is 3.20. The summed E-state index contributed by atoms with van der Waals surface area (Å²) in [5.74, 6) is -0.253. The van der Waals surface area contributed by atoms with Crippen LogP contribution in [0.2, 0.25) is 0 Å². The summed E-state index contributed by atoms with van der Waals surface area (Å²) in [5.41, 5.74) is 0.820. The number of phenolic OH excluding ortho intramolecular Hbond substituents is 1. The Hall–Kier alpha value is -3.66. The number of methoxy groups -OCH3 is 5. The van der Waals surface area contributed by atoms with Crippen LogP contribution >= 0.6 is 0 Å². The summed E-state index contributed by atoms with van der Waals surface area (Å²) < 4.78 is 32.1. The normalized spacial score (nSPS) is 16.4. The van der Waals surface area contributed by atoms with Gasteiger partial charge in [0.1, 0.15) is 6.10 Å². The van der Waals surface area contributed by atoms with Crippen LogP contribution in [0.25, 0.3) is 0 Å². The highest BCUT2D eigenvalue weighted by Crippen LogP contribution is 2.50. The van der Waals surface area contributed by atoms with Crippen molar-refractivity contribution < 1.29 is 43.1 Å². The van der Waals surface area contributed by atoms with Gasteiger partial charge in [-0.25, -0.2) is 0 Å². The second-order valence-electron chi connectivity index (χ2n) is 7.72. The van der Waals surface area contributed by atoms with Gasteiger partial charge in [0.05, 0.1) is 48.0 Å². The number of likely N-dealkylation sites (N-methyl/N-ethyl adjacent to an activating group) is 1. The van der Waals surface area contributed by atoms with E-state index in [1.807, 2.05) is 0 Å². The van der Waals surface area contributed by atoms with E-state index < -0.39 is 18.0 Å². The Balaban J connectivity index is 2.05. The monoisotopic (exact) mass is 475 g/mol. The molecule has 0 saturated carbocycles. The van der Waals surface area contributed by atoms with Gasteiger partial charge in [0.25, 0.3) is 0 Å². The summed E-state index contributed by atoms with van der Waals surface area (Å²) in [5, 5.41) is 10.6. The van der Waals surface area contributed by atoms with E-state index in [2.05, 4.69) is 0 Å². The Morgan fingerprint density at radius 1 is 0.971 bits per heavy atom. The first kappa shape index (κ1) is 25.0. The number of hydrogen-bond donors (Lipinski definition) is 1. The van der Waals surface area contributed by atoms with Crippen molar-refractivity contribution in [3.05, 3.63) is 35.4 Å². The molecule has 1 N–H and O–H groups in total. The first-order valence-corrected chi connectivity index (χ1v) is 10.5. The van der Waals surface area contributed by atoms with Gasteiger partial charge < -0.3 is 33.5 Å². The number of phenols is 1. The molecule has 0 radical (unpaired) electrons. The molecule has 10 nitrogen and oxygen atoms in total. The number of esters is 1. The van der Waals surface area contributed by atoms with Crippen LogP contribution in [0.15, 0.2) is 24.3 Å². The summed E-state index contributed by atoms with van der Waals surface area (Å²) in [6.07, 6.45) is -0.700. The molecule has 0 bridgehead atoms. The lowest BCUT2D eigenvalue weighted by atomic mass is 9.87. The number of ether oxygens (including phenoxy) is 6. The molecule has 2 aromatic rings. The SMILES string of the molecule is COC(=O)CN(C)CC1Oc2c(ccc(OC)c2O)C1C(=O)c1cc(OC)c(OC)c(OC)c1. The van der Waals surface area contributed by atoms with Crippen molar-refractivity contribution in [3.63, 3.8) is 0 Å². The third kappa shape index (κ3) is 4.67. The van der Waals surface area contributed by atoms with Crippen molar-refractivity contribution in [1.29, 1.82) is 0 Å². The van der Waals surface area contributed by atoms with Crippen molar-refractivity contribution in [2.24, 2.45) is 0 Å². The molecule has 10 heteroatoms. The molecule has 184 valence electrons. The van der Waals surface area contributed by atoms with Crippen LogP contribution in [-0.4, -0.2) is 83.5 Å². The van der Waals surface area contributed by atoms with E-state index in [0.29, 0.717) is 28.4 Å². The van der Waals surface area contributed by atoms with Crippen molar-refractivity contribution in [2.75, 3.05) is 55.7 Å². The number of Topliss-reactive ketones (excluding diaryl/α,β-unsaturated/α-hetero) is 1. The standard InChI is InChI=1S/C24H29NO9/c1-25(12-19(26)32-5)11-18-20(14-7-8-15(29-2)22(28)23(14)34-18)21(27)13-9-16(30-3)24(33-6)17(10-13)31-4/h7-10,18,20,28H,11-12H2,1-6H3. The van der Waals surface area contributed by atoms with Gasteiger partial charge in [0.15, 0.2) is 28.8 Å². The highest BCUT2D eigenvalue weighted by Gasteiger charge is 2.43. The van der Waals surface area contributed by atoms with Crippen LogP contribution in [-0.2, 0) is 9.53 Å². The van der Waals surface area contributed by atoms with E-state index in [1.54, 1.807) is 36.2 Å². The third-order valence-electron chi connectivity index (χ3n) is 5.67. The van der Waals surface area contributed by atoms with E-state index in [-0.39, 0.29) is 36.1 Å². The second kappa shape index (κ2) is 10.5. The minimum Gasteiger partial charge on any atom is -0.502 e. The topological polar surface area (TPSA) is 113 Å². The minimum absolute atomic E-state index is 0.00704. The summed E-state index contributed by atoms with van der Waals surface area (Å²) in [7, 11) is 8.86. The summed E-state index contributed by atoms with van der Waals surface area (Å²) >= 11 is 0. The molecule has 0 aromatic heterocycles. The Labute approximate surface area is 197 Å². The van der Waals surface area contributed by atoms with E-state index in [9.17, 15) is 14.7 Å². The lowest BCUT2D eigenvalue weighted by Gasteiger charge is -2.24. The molecular weight excluding hydrogens is 446 g/mol. The zero-order valence-electron chi connectivity index (χ0n) is 20.0. The maximum absolute atomic E-state index is 13.8. The molecule has 0 saturated heterocycles. The molecular formula is C24H29NO9. The number of benzene rings is 2. The van der Waals surface area contributed by atoms with E-state index in [0.717, 1.165) is 0 Å². The number of rotatable bonds is 10. The van der Waals surface area contributed by atoms with Crippen LogP contribution < -0.4 is 23.7 Å². The van der Waals surface area contributed by atoms with Gasteiger partial charge in [-0.15, -0.1) is 0 Å². The number of hydrogen-bond acceptors (Lipinski definition) is 10. The molecule has 1 aliphatic heterocycles. The summed E-state index contributed by atoms with van der Waals surface area (Å²) in [6.45, 7) is 0.222. The highest BCUT2D eigenvalue weighted by atomic mass is 16.5. The fourth-order valence-corrected chi connectivity index (χ4v) is 4.03. The van der Waals surface area contributed by atoms with Crippen molar-refractivity contribution >= 4 is 11.8 Å². The number of fused-ring (bicyclic) bond motifs is 1. The molecule has 1 aliphatic rings. The van der Waals surface area contributed by atoms with Crippen LogP contribution in [0.4, 0.5) is 0 Å². The number of nitrogens with zero attached hydrogens (tertiary/aromatic N) is 1. The van der Waals surface area contributed by atoms with Crippen LogP contribution in [0.1, 0.15) is 21.8 Å². The van der Waals surface area contributed by atoms with Crippen molar-refractivity contribution in [1.82, 2.24) is 4.90 Å². The Bertz CT molecular complexity index is 1040. The molecule has 34 heavy (non-hydrogen) atoms. The predicted molar refractivity (Wildman–Crippen MR) is 122 cm³/mol. The van der Waals surface area contributed by atoms with Gasteiger partial charge in [0.2, 0.25) is 11.5 Å². The van der Waals surface area contributed by atoms with Gasteiger partial charge in [-0.3, -0.25) is 14.5 Å². The third-order valence-corrected chi connectivity index (χ3v) is 5.67. The molecule has 0 fully saturated rings. The Morgan fingerprint density at radius 2 is 1.59 bits per heavy atom. The number of ketones is 1. The molecule has 3 rings (SSSR count). The molecule has 1 heterocycles. The summed E-state index contributed by atoms with van der Waals surface area (Å²) in [4.78, 5) is 27.2. The molecule has 2 unspecified atom stereocenters. The maximum atomic E-state index is 13.8. The first-order chi connectivity index (χ1) is 16.3. The fraction of sp³-hybridized carbons (Fsp3) is 0.417. The highest BCUT2D eigenvalue weighted by molar-refractivity contribution is 6.03. The molecule has 0 aliphatic carbocycles. The lowest BCUT2D eigenvalue weighted by Crippen LogP contribution is -2.39. The van der Waals surface area contributed by atoms with Gasteiger partial charge in [0, 0.05) is 17.7 Å². The van der Waals surface area contributed by atoms with Crippen LogP contribution in [0.3, 0.4) is 0 Å². The van der Waals surface area contributed by atoms with Gasteiger partial charge in [-0.2, -0.15) is 0 Å². The second-order valence-corrected chi connectivity index (χ2v) is 7.72. The van der Waals surface area contributed by atoms with Crippen LogP contribution in [0, 0.1) is 0 Å². The number of carbonyl (C=O) groups is 2. The molecule has 2 aromatic carbocycles. The van der Waals surface area contributed by atoms with Crippen molar-refractivity contribution in [3.8, 4) is 34.5 Å². The largest absolute Gasteiger partial charge is 0.502 e. The fourth-order valence-electron chi connectivity index (χ4n) is 4.03. The van der Waals surface area contributed by atoms with Gasteiger partial charge in [-0.05, 0) is 25.2 Å². The average molecular weight is 475 g/mol. The maximum Gasteiger partial charge on any atom is 0.319 e. The van der Waals surface area contributed by atoms with Gasteiger partial charge >= 0.3 is 5.97 Å². The van der Waals surface area contributed by atoms with E-state index in [4.69, 9.17) is 28.4 Å². The zero-order valence-corrected chi connectivity index (χ0v) is 20.0. The molecule has 2 atom stereocenters. The minimum atomic E-state index is -0.783. The quantitative estimate of drug-likeness (QED) is 0.405. The number of carbonyl (C=O) groups excluding carboxylic acids is 2. The van der Waals surface area contributed by atoms with Crippen molar-refractivity contribution in [2.45, 2.75) is 12.0 Å². The Kier molecular flexibility index (Phi) is 7.72. The zero-order chi connectivity index (χ0) is 25.0. The van der Waals surface area contributed by atoms with Crippen LogP contribution in [0.5, 0.6) is 34.5 Å². The van der Waals surface area contributed by atoms with E-state index >= 15 is 0 Å². The summed E-state index contributed by atoms with van der Waals surface area (Å²) in [6, 6.07) is 6.41. The lowest BCUT2D eigenvalue weighted by molar-refractivity contribution is -0.141. The predicted octanol–water partition coefficient (Wildman–Crippen LogP) is 2.26. The van der Waals surface area contributed by atoms with Gasteiger partial charge in [-0.1, -0.05) is 6.07 Å². The van der Waals surface area contributed by atoms with E-state index in [1.165, 1.54) is 35.5 Å². The molecule has 0 amide bonds. The number of aromatic hydroxyl groups is 1. The smallest absolute Gasteiger partial charge is 0.319 e.